The van der Waals surface area contributed by atoms with Gasteiger partial charge in [-0.05, 0) is 68.3 Å². The lowest BCUT2D eigenvalue weighted by atomic mass is 9.96. The van der Waals surface area contributed by atoms with Crippen molar-refractivity contribution in [2.45, 2.75) is 39.5 Å². The van der Waals surface area contributed by atoms with Gasteiger partial charge in [-0.3, -0.25) is 9.36 Å². The number of fused-ring (bicyclic) bond motifs is 2. The second-order valence-corrected chi connectivity index (χ2v) is 12.6. The number of methoxy groups -OCH3 is 1. The fourth-order valence-electron chi connectivity index (χ4n) is 5.41. The van der Waals surface area contributed by atoms with E-state index in [1.807, 2.05) is 54.6 Å². The zero-order chi connectivity index (χ0) is 30.2. The highest BCUT2D eigenvalue weighted by atomic mass is 79.9. The van der Waals surface area contributed by atoms with Crippen molar-refractivity contribution in [3.63, 3.8) is 0 Å². The van der Waals surface area contributed by atoms with Gasteiger partial charge >= 0.3 is 5.97 Å². The summed E-state index contributed by atoms with van der Waals surface area (Å²) in [7, 11) is 1.60. The van der Waals surface area contributed by atoms with E-state index in [-0.39, 0.29) is 11.7 Å². The molecule has 3 heterocycles. The number of nitrogens with zero attached hydrogens (tertiary/aromatic N) is 3. The molecule has 1 atom stereocenters. The van der Waals surface area contributed by atoms with Crippen LogP contribution in [0.15, 0.2) is 105 Å². The van der Waals surface area contributed by atoms with Crippen LogP contribution in [0.3, 0.4) is 0 Å². The highest BCUT2D eigenvalue weighted by Gasteiger charge is 2.33. The fraction of sp³-hybridized carbons (Fsp3) is 0.206. The highest BCUT2D eigenvalue weighted by molar-refractivity contribution is 9.10. The smallest absolute Gasteiger partial charge is 0.338 e. The molecule has 0 N–H and O–H groups in total. The van der Waals surface area contributed by atoms with Crippen LogP contribution in [-0.2, 0) is 16.1 Å². The Labute approximate surface area is 261 Å². The van der Waals surface area contributed by atoms with Crippen molar-refractivity contribution < 1.29 is 14.3 Å². The quantitative estimate of drug-likeness (QED) is 0.203. The molecule has 2 aromatic heterocycles. The molecule has 0 bridgehead atoms. The van der Waals surface area contributed by atoms with Crippen molar-refractivity contribution in [1.82, 2.24) is 9.13 Å². The number of hydrogen-bond donors (Lipinski definition) is 0. The van der Waals surface area contributed by atoms with E-state index in [4.69, 9.17) is 14.5 Å². The van der Waals surface area contributed by atoms with Gasteiger partial charge in [0.05, 0.1) is 35.1 Å². The molecule has 0 radical (unpaired) electrons. The third kappa shape index (κ3) is 5.62. The Balaban J connectivity index is 1.50. The maximum Gasteiger partial charge on any atom is 0.338 e. The van der Waals surface area contributed by atoms with Crippen LogP contribution in [-0.4, -0.2) is 28.3 Å². The number of para-hydroxylation sites is 1. The number of thiazole rings is 1. The van der Waals surface area contributed by atoms with Gasteiger partial charge in [-0.2, -0.15) is 0 Å². The first-order valence-electron chi connectivity index (χ1n) is 13.9. The van der Waals surface area contributed by atoms with Gasteiger partial charge in [-0.25, -0.2) is 9.79 Å². The number of ether oxygens (including phenoxy) is 2. The van der Waals surface area contributed by atoms with Crippen LogP contribution >= 0.6 is 27.3 Å². The minimum Gasteiger partial charge on any atom is -0.497 e. The van der Waals surface area contributed by atoms with Gasteiger partial charge in [0, 0.05) is 33.7 Å². The van der Waals surface area contributed by atoms with Crippen molar-refractivity contribution in [3.8, 4) is 5.75 Å². The third-order valence-corrected chi connectivity index (χ3v) is 8.90. The first-order chi connectivity index (χ1) is 20.7. The Morgan fingerprint density at radius 2 is 1.79 bits per heavy atom. The molecule has 43 heavy (non-hydrogen) atoms. The van der Waals surface area contributed by atoms with Crippen LogP contribution in [0.2, 0.25) is 0 Å². The molecule has 9 heteroatoms. The molecule has 5 aromatic rings. The predicted molar refractivity (Wildman–Crippen MR) is 173 cm³/mol. The number of halogens is 1. The lowest BCUT2D eigenvalue weighted by Gasteiger charge is -2.25. The summed E-state index contributed by atoms with van der Waals surface area (Å²) in [5.41, 5.74) is 4.63. The standard InChI is InChI=1S/C34H30BrN3O4S/c1-20(2)42-33(40)30-21(3)36-34-38(31(30)23-11-15-26(41-4)16-12-23)32(39)29(43-34)17-24-19-37(28-8-6-5-7-27(24)28)18-22-9-13-25(35)14-10-22/h5-17,19-20,31H,18H2,1-4H3/b29-17+/t31-/m0/s1. The average molecular weight is 657 g/mol. The van der Waals surface area contributed by atoms with Crippen LogP contribution in [0.4, 0.5) is 0 Å². The van der Waals surface area contributed by atoms with Gasteiger partial charge in [0.25, 0.3) is 5.56 Å². The molecular weight excluding hydrogens is 626 g/mol. The van der Waals surface area contributed by atoms with Crippen LogP contribution < -0.4 is 19.6 Å². The van der Waals surface area contributed by atoms with Crippen LogP contribution in [0.5, 0.6) is 5.75 Å². The number of rotatable bonds is 7. The molecule has 0 fully saturated rings. The summed E-state index contributed by atoms with van der Waals surface area (Å²) in [4.78, 5) is 32.8. The van der Waals surface area contributed by atoms with Crippen LogP contribution in [0, 0.1) is 0 Å². The minimum absolute atomic E-state index is 0.211. The molecule has 0 spiro atoms. The van der Waals surface area contributed by atoms with Gasteiger partial charge in [-0.15, -0.1) is 0 Å². The molecule has 0 aliphatic carbocycles. The van der Waals surface area contributed by atoms with E-state index in [9.17, 15) is 9.59 Å². The summed E-state index contributed by atoms with van der Waals surface area (Å²) in [5.74, 6) is 0.199. The Bertz CT molecular complexity index is 2050. The molecule has 0 saturated heterocycles. The molecule has 1 aliphatic rings. The normalized spacial score (nSPS) is 15.1. The number of aromatic nitrogens is 2. The second kappa shape index (κ2) is 11.8. The number of hydrogen-bond acceptors (Lipinski definition) is 6. The number of allylic oxidation sites excluding steroid dienone is 1. The number of carbonyl (C=O) groups is 1. The number of benzene rings is 3. The van der Waals surface area contributed by atoms with Gasteiger partial charge < -0.3 is 14.0 Å². The summed E-state index contributed by atoms with van der Waals surface area (Å²) in [6.45, 7) is 6.10. The monoisotopic (exact) mass is 655 g/mol. The zero-order valence-corrected chi connectivity index (χ0v) is 26.6. The van der Waals surface area contributed by atoms with Crippen LogP contribution in [0.25, 0.3) is 17.0 Å². The van der Waals surface area contributed by atoms with E-state index >= 15 is 0 Å². The molecule has 3 aromatic carbocycles. The largest absolute Gasteiger partial charge is 0.497 e. The Morgan fingerprint density at radius 3 is 2.49 bits per heavy atom. The number of esters is 1. The predicted octanol–water partition coefficient (Wildman–Crippen LogP) is 5.96. The lowest BCUT2D eigenvalue weighted by molar-refractivity contribution is -0.143. The summed E-state index contributed by atoms with van der Waals surface area (Å²) in [6.07, 6.45) is 3.70. The van der Waals surface area contributed by atoms with Crippen molar-refractivity contribution in [2.24, 2.45) is 4.99 Å². The molecule has 0 saturated carbocycles. The van der Waals surface area contributed by atoms with Crippen LogP contribution in [0.1, 0.15) is 43.5 Å². The van der Waals surface area contributed by atoms with E-state index in [0.29, 0.717) is 32.9 Å². The van der Waals surface area contributed by atoms with Gasteiger partial charge in [0.15, 0.2) is 4.80 Å². The average Bonchev–Trinajstić information content (AvgIpc) is 3.49. The van der Waals surface area contributed by atoms with Crippen molar-refractivity contribution >= 4 is 50.2 Å². The zero-order valence-electron chi connectivity index (χ0n) is 24.2. The van der Waals surface area contributed by atoms with E-state index in [1.54, 1.807) is 32.4 Å². The maximum atomic E-state index is 14.2. The van der Waals surface area contributed by atoms with Crippen molar-refractivity contribution in [1.29, 1.82) is 0 Å². The molecular formula is C34H30BrN3O4S. The van der Waals surface area contributed by atoms with E-state index in [1.165, 1.54) is 16.9 Å². The first-order valence-corrected chi connectivity index (χ1v) is 15.5. The Morgan fingerprint density at radius 1 is 1.07 bits per heavy atom. The fourth-order valence-corrected chi connectivity index (χ4v) is 6.71. The SMILES string of the molecule is COc1ccc([C@H]2C(C(=O)OC(C)C)=C(C)N=c3s/c(=C/c4cn(Cc5ccc(Br)cc5)c5ccccc45)c(=O)n32)cc1. The molecule has 0 amide bonds. The molecule has 0 unspecified atom stereocenters. The molecule has 7 nitrogen and oxygen atoms in total. The maximum absolute atomic E-state index is 14.2. The molecule has 6 rings (SSSR count). The second-order valence-electron chi connectivity index (χ2n) is 10.7. The summed E-state index contributed by atoms with van der Waals surface area (Å²) < 4.78 is 16.4. The van der Waals surface area contributed by atoms with E-state index in [0.717, 1.165) is 26.5 Å². The van der Waals surface area contributed by atoms with Gasteiger partial charge in [0.1, 0.15) is 5.75 Å². The number of carbonyl (C=O) groups excluding carboxylic acids is 1. The Hall–Kier alpha value is -4.21. The molecule has 218 valence electrons. The highest BCUT2D eigenvalue weighted by Crippen LogP contribution is 2.32. The van der Waals surface area contributed by atoms with Gasteiger partial charge in [-0.1, -0.05) is 69.7 Å². The topological polar surface area (TPSA) is 74.8 Å². The van der Waals surface area contributed by atoms with Crippen molar-refractivity contribution in [2.75, 3.05) is 7.11 Å². The summed E-state index contributed by atoms with van der Waals surface area (Å²) in [6, 6.07) is 23.2. The third-order valence-electron chi connectivity index (χ3n) is 7.39. The lowest BCUT2D eigenvalue weighted by Crippen LogP contribution is -2.40. The van der Waals surface area contributed by atoms with E-state index < -0.39 is 12.0 Å². The van der Waals surface area contributed by atoms with E-state index in [2.05, 4.69) is 51.0 Å². The first kappa shape index (κ1) is 28.9. The summed E-state index contributed by atoms with van der Waals surface area (Å²) in [5, 5.41) is 1.05. The molecule has 1 aliphatic heterocycles. The Kier molecular flexibility index (Phi) is 7.94. The summed E-state index contributed by atoms with van der Waals surface area (Å²) >= 11 is 4.83. The van der Waals surface area contributed by atoms with Gasteiger partial charge in [0.2, 0.25) is 0 Å². The van der Waals surface area contributed by atoms with Crippen molar-refractivity contribution in [3.05, 3.63) is 131 Å². The minimum atomic E-state index is -0.686.